The van der Waals surface area contributed by atoms with Crippen LogP contribution in [0.25, 0.3) is 0 Å². The molecule has 1 aliphatic carbocycles. The first kappa shape index (κ1) is 6.65. The van der Waals surface area contributed by atoms with E-state index >= 15 is 0 Å². The molecule has 0 aromatic carbocycles. The minimum atomic E-state index is 0.407. The largest absolute Gasteiger partial charge is 0.365 e. The molecule has 1 unspecified atom stereocenters. The highest BCUT2D eigenvalue weighted by Gasteiger charge is 2.23. The number of hydrogen-bond acceptors (Lipinski definition) is 1. The van der Waals surface area contributed by atoms with E-state index in [-0.39, 0.29) is 0 Å². The first-order chi connectivity index (χ1) is 5.36. The Bertz CT molecular complexity index is 251. The van der Waals surface area contributed by atoms with Crippen LogP contribution in [-0.2, 0) is 4.79 Å². The number of carbonyl (C=O) groups is 1. The van der Waals surface area contributed by atoms with Crippen LogP contribution in [0.2, 0.25) is 0 Å². The van der Waals surface area contributed by atoms with Gasteiger partial charge in [-0.15, -0.1) is 0 Å². The normalized spacial score (nSPS) is 24.4. The second-order valence-corrected chi connectivity index (χ2v) is 3.10. The van der Waals surface area contributed by atoms with Gasteiger partial charge in [-0.25, -0.2) is 0 Å². The molecule has 1 heterocycles. The summed E-state index contributed by atoms with van der Waals surface area (Å²) in [7, 11) is 0. The smallest absolute Gasteiger partial charge is 0.133 e. The number of Topliss-reactive ketones (excluding diaryl/α,β-unsaturated/α-hetero) is 1. The SMILES string of the molecule is O=C1CCC(c2ccc[nH]2)C1. The number of carbonyl (C=O) groups excluding carboxylic acids is 1. The summed E-state index contributed by atoms with van der Waals surface area (Å²) in [5.74, 6) is 0.877. The number of H-pyrrole nitrogens is 1. The molecule has 2 rings (SSSR count). The molecule has 1 aromatic heterocycles. The fraction of sp³-hybridized carbons (Fsp3) is 0.444. The summed E-state index contributed by atoms with van der Waals surface area (Å²) in [6, 6.07) is 4.04. The van der Waals surface area contributed by atoms with Gasteiger partial charge in [0.25, 0.3) is 0 Å². The number of aromatic amines is 1. The van der Waals surface area contributed by atoms with Crippen molar-refractivity contribution in [1.29, 1.82) is 0 Å². The number of rotatable bonds is 1. The summed E-state index contributed by atoms with van der Waals surface area (Å²) in [4.78, 5) is 14.1. The quantitative estimate of drug-likeness (QED) is 0.649. The molecular formula is C9H11NO. The highest BCUT2D eigenvalue weighted by molar-refractivity contribution is 5.81. The second kappa shape index (κ2) is 2.53. The number of nitrogens with one attached hydrogen (secondary N) is 1. The van der Waals surface area contributed by atoms with Gasteiger partial charge in [0, 0.05) is 30.7 Å². The van der Waals surface area contributed by atoms with E-state index in [0.717, 1.165) is 19.3 Å². The Kier molecular flexibility index (Phi) is 1.53. The summed E-state index contributed by atoms with van der Waals surface area (Å²) in [6.07, 6.45) is 4.45. The second-order valence-electron chi connectivity index (χ2n) is 3.10. The molecule has 2 heteroatoms. The Morgan fingerprint density at radius 2 is 2.45 bits per heavy atom. The van der Waals surface area contributed by atoms with Crippen molar-refractivity contribution in [3.8, 4) is 0 Å². The van der Waals surface area contributed by atoms with Gasteiger partial charge in [-0.2, -0.15) is 0 Å². The lowest BCUT2D eigenvalue weighted by Crippen LogP contribution is -1.93. The van der Waals surface area contributed by atoms with Crippen molar-refractivity contribution in [2.24, 2.45) is 0 Å². The molecule has 1 atom stereocenters. The molecule has 0 saturated heterocycles. The number of hydrogen-bond donors (Lipinski definition) is 1. The van der Waals surface area contributed by atoms with E-state index in [1.807, 2.05) is 12.3 Å². The van der Waals surface area contributed by atoms with Crippen molar-refractivity contribution in [3.05, 3.63) is 24.0 Å². The van der Waals surface area contributed by atoms with Crippen molar-refractivity contribution in [2.75, 3.05) is 0 Å². The Labute approximate surface area is 65.6 Å². The van der Waals surface area contributed by atoms with Crippen molar-refractivity contribution >= 4 is 5.78 Å². The van der Waals surface area contributed by atoms with Crippen LogP contribution in [0.15, 0.2) is 18.3 Å². The lowest BCUT2D eigenvalue weighted by Gasteiger charge is -2.02. The van der Waals surface area contributed by atoms with Gasteiger partial charge in [0.1, 0.15) is 5.78 Å². The molecule has 0 spiro atoms. The average Bonchev–Trinajstić information content (AvgIpc) is 2.55. The average molecular weight is 149 g/mol. The Morgan fingerprint density at radius 3 is 3.00 bits per heavy atom. The monoisotopic (exact) mass is 149 g/mol. The van der Waals surface area contributed by atoms with Crippen LogP contribution in [0, 0.1) is 0 Å². The maximum Gasteiger partial charge on any atom is 0.133 e. The third kappa shape index (κ3) is 1.20. The molecule has 1 N–H and O–H groups in total. The van der Waals surface area contributed by atoms with Gasteiger partial charge in [-0.05, 0) is 18.6 Å². The Balaban J connectivity index is 2.13. The molecule has 2 nitrogen and oxygen atoms in total. The van der Waals surface area contributed by atoms with Gasteiger partial charge in [0.2, 0.25) is 0 Å². The first-order valence-corrected chi connectivity index (χ1v) is 4.01. The molecule has 1 aromatic rings. The van der Waals surface area contributed by atoms with E-state index in [1.54, 1.807) is 0 Å². The van der Waals surface area contributed by atoms with Crippen molar-refractivity contribution in [1.82, 2.24) is 4.98 Å². The van der Waals surface area contributed by atoms with Gasteiger partial charge in [0.05, 0.1) is 0 Å². The van der Waals surface area contributed by atoms with Gasteiger partial charge in [-0.3, -0.25) is 4.79 Å². The maximum absolute atomic E-state index is 10.9. The van der Waals surface area contributed by atoms with Gasteiger partial charge < -0.3 is 4.98 Å². The van der Waals surface area contributed by atoms with E-state index in [2.05, 4.69) is 11.1 Å². The molecule has 1 aliphatic rings. The van der Waals surface area contributed by atoms with Gasteiger partial charge >= 0.3 is 0 Å². The Hall–Kier alpha value is -1.05. The van der Waals surface area contributed by atoms with Crippen LogP contribution in [0.1, 0.15) is 30.9 Å². The summed E-state index contributed by atoms with van der Waals surface area (Å²) in [5.41, 5.74) is 1.22. The Morgan fingerprint density at radius 1 is 1.55 bits per heavy atom. The van der Waals surface area contributed by atoms with Crippen molar-refractivity contribution in [3.63, 3.8) is 0 Å². The fourth-order valence-electron chi connectivity index (χ4n) is 1.68. The minimum Gasteiger partial charge on any atom is -0.365 e. The van der Waals surface area contributed by atoms with E-state index in [4.69, 9.17) is 0 Å². The predicted octanol–water partition coefficient (Wildman–Crippen LogP) is 1.85. The number of aromatic nitrogens is 1. The van der Waals surface area contributed by atoms with Gasteiger partial charge in [-0.1, -0.05) is 0 Å². The topological polar surface area (TPSA) is 32.9 Å². The fourth-order valence-corrected chi connectivity index (χ4v) is 1.68. The van der Waals surface area contributed by atoms with Crippen LogP contribution >= 0.6 is 0 Å². The summed E-state index contributed by atoms with van der Waals surface area (Å²) < 4.78 is 0. The molecule has 11 heavy (non-hydrogen) atoms. The van der Waals surface area contributed by atoms with Crippen LogP contribution < -0.4 is 0 Å². The van der Waals surface area contributed by atoms with Crippen LogP contribution in [-0.4, -0.2) is 10.8 Å². The zero-order chi connectivity index (χ0) is 7.68. The zero-order valence-electron chi connectivity index (χ0n) is 6.34. The molecule has 1 fully saturated rings. The van der Waals surface area contributed by atoms with E-state index < -0.39 is 0 Å². The minimum absolute atomic E-state index is 0.407. The highest BCUT2D eigenvalue weighted by atomic mass is 16.1. The summed E-state index contributed by atoms with van der Waals surface area (Å²) in [5, 5.41) is 0. The third-order valence-corrected chi connectivity index (χ3v) is 2.31. The lowest BCUT2D eigenvalue weighted by atomic mass is 10.1. The van der Waals surface area contributed by atoms with E-state index in [9.17, 15) is 4.79 Å². The highest BCUT2D eigenvalue weighted by Crippen LogP contribution is 2.30. The molecule has 1 saturated carbocycles. The molecule has 58 valence electrons. The van der Waals surface area contributed by atoms with Gasteiger partial charge in [0.15, 0.2) is 0 Å². The maximum atomic E-state index is 10.9. The molecule has 0 aliphatic heterocycles. The number of ketones is 1. The summed E-state index contributed by atoms with van der Waals surface area (Å²) >= 11 is 0. The molecule has 0 radical (unpaired) electrons. The first-order valence-electron chi connectivity index (χ1n) is 4.01. The summed E-state index contributed by atoms with van der Waals surface area (Å²) in [6.45, 7) is 0. The van der Waals surface area contributed by atoms with Crippen LogP contribution in [0.3, 0.4) is 0 Å². The molecule has 0 bridgehead atoms. The van der Waals surface area contributed by atoms with E-state index in [0.29, 0.717) is 11.7 Å². The van der Waals surface area contributed by atoms with Crippen molar-refractivity contribution in [2.45, 2.75) is 25.2 Å². The molecule has 0 amide bonds. The predicted molar refractivity (Wildman–Crippen MR) is 42.4 cm³/mol. The zero-order valence-corrected chi connectivity index (χ0v) is 6.34. The lowest BCUT2D eigenvalue weighted by molar-refractivity contribution is -0.117. The standard InChI is InChI=1S/C9H11NO/c11-8-4-3-7(6-8)9-2-1-5-10-9/h1-2,5,7,10H,3-4,6H2. The third-order valence-electron chi connectivity index (χ3n) is 2.31. The molecular weight excluding hydrogens is 138 g/mol. The van der Waals surface area contributed by atoms with E-state index in [1.165, 1.54) is 5.69 Å². The van der Waals surface area contributed by atoms with Crippen molar-refractivity contribution < 1.29 is 4.79 Å². The van der Waals surface area contributed by atoms with Crippen LogP contribution in [0.5, 0.6) is 0 Å². The van der Waals surface area contributed by atoms with Crippen LogP contribution in [0.4, 0.5) is 0 Å².